The fourth-order valence-electron chi connectivity index (χ4n) is 3.20. The van der Waals surface area contributed by atoms with Gasteiger partial charge in [-0.25, -0.2) is 0 Å². The van der Waals surface area contributed by atoms with E-state index in [1.807, 2.05) is 24.3 Å². The molecule has 3 nitrogen and oxygen atoms in total. The van der Waals surface area contributed by atoms with Gasteiger partial charge in [0.15, 0.2) is 0 Å². The van der Waals surface area contributed by atoms with Crippen molar-refractivity contribution in [2.45, 2.75) is 65.5 Å². The van der Waals surface area contributed by atoms with Crippen molar-refractivity contribution < 1.29 is 4.79 Å². The molecule has 1 aliphatic rings. The number of carbonyl (C=O) groups is 1. The molecule has 1 fully saturated rings. The number of carbonyl (C=O) groups excluding carboxylic acids is 1. The average Bonchev–Trinajstić information content (AvgIpc) is 2.37. The Labute approximate surface area is 128 Å². The summed E-state index contributed by atoms with van der Waals surface area (Å²) in [5.41, 5.74) is 2.00. The Morgan fingerprint density at radius 3 is 2.67 bits per heavy atom. The first-order chi connectivity index (χ1) is 9.87. The van der Waals surface area contributed by atoms with E-state index < -0.39 is 0 Å². The molecular formula is C18H28N2O. The van der Waals surface area contributed by atoms with Gasteiger partial charge in [0, 0.05) is 17.8 Å². The molecule has 0 bridgehead atoms. The highest BCUT2D eigenvalue weighted by molar-refractivity contribution is 5.99. The fourth-order valence-corrected chi connectivity index (χ4v) is 3.20. The van der Waals surface area contributed by atoms with Crippen LogP contribution < -0.4 is 10.6 Å². The van der Waals surface area contributed by atoms with Gasteiger partial charge in [-0.2, -0.15) is 0 Å². The Bertz CT molecular complexity index is 494. The second-order valence-electron chi connectivity index (χ2n) is 7.28. The molecule has 3 heteroatoms. The van der Waals surface area contributed by atoms with E-state index in [0.29, 0.717) is 17.5 Å². The lowest BCUT2D eigenvalue weighted by Crippen LogP contribution is -2.40. The minimum Gasteiger partial charge on any atom is -0.382 e. The van der Waals surface area contributed by atoms with E-state index in [9.17, 15) is 4.79 Å². The normalized spacial score (nSPS) is 21.1. The third-order valence-electron chi connectivity index (χ3n) is 4.16. The van der Waals surface area contributed by atoms with Gasteiger partial charge in [-0.05, 0) is 50.7 Å². The third-order valence-corrected chi connectivity index (χ3v) is 4.16. The molecule has 0 aromatic heterocycles. The third kappa shape index (κ3) is 4.48. The molecule has 1 aromatic carbocycles. The first-order valence-corrected chi connectivity index (χ1v) is 8.04. The van der Waals surface area contributed by atoms with Crippen molar-refractivity contribution in [2.24, 2.45) is 5.41 Å². The van der Waals surface area contributed by atoms with Crippen LogP contribution in [-0.2, 0) is 0 Å². The van der Waals surface area contributed by atoms with Crippen LogP contribution in [0.15, 0.2) is 24.3 Å². The van der Waals surface area contributed by atoms with Gasteiger partial charge in [0.2, 0.25) is 0 Å². The zero-order valence-corrected chi connectivity index (χ0v) is 13.7. The highest BCUT2D eigenvalue weighted by Crippen LogP contribution is 2.35. The summed E-state index contributed by atoms with van der Waals surface area (Å²) < 4.78 is 0. The number of hydrogen-bond donors (Lipinski definition) is 2. The summed E-state index contributed by atoms with van der Waals surface area (Å²) in [7, 11) is 0. The summed E-state index contributed by atoms with van der Waals surface area (Å²) in [6.07, 6.45) is 4.61. The number of benzene rings is 1. The number of hydrogen-bond acceptors (Lipinski definition) is 2. The number of para-hydroxylation sites is 1. The number of nitrogens with one attached hydrogen (secondary N) is 2. The van der Waals surface area contributed by atoms with Gasteiger partial charge in [0.05, 0.1) is 5.56 Å². The second kappa shape index (κ2) is 6.50. The minimum absolute atomic E-state index is 0.0430. The van der Waals surface area contributed by atoms with Crippen molar-refractivity contribution >= 4 is 11.6 Å². The van der Waals surface area contributed by atoms with Gasteiger partial charge in [-0.15, -0.1) is 0 Å². The maximum atomic E-state index is 12.6. The SMILES string of the molecule is CC(C)Nc1ccccc1C(=O)NC1CCCC(C)(C)C1. The second-order valence-corrected chi connectivity index (χ2v) is 7.28. The standard InChI is InChI=1S/C18H28N2O/c1-13(2)19-16-10-6-5-9-15(16)17(21)20-14-8-7-11-18(3,4)12-14/h5-6,9-10,13-14,19H,7-8,11-12H2,1-4H3,(H,20,21). The fraction of sp³-hybridized carbons (Fsp3) is 0.611. The Hall–Kier alpha value is -1.51. The van der Waals surface area contributed by atoms with Crippen molar-refractivity contribution in [3.05, 3.63) is 29.8 Å². The predicted octanol–water partition coefficient (Wildman–Crippen LogP) is 4.21. The van der Waals surface area contributed by atoms with Crippen molar-refractivity contribution in [1.29, 1.82) is 0 Å². The Morgan fingerprint density at radius 1 is 1.29 bits per heavy atom. The molecule has 0 spiro atoms. The van der Waals surface area contributed by atoms with Crippen molar-refractivity contribution in [3.8, 4) is 0 Å². The van der Waals surface area contributed by atoms with Crippen LogP contribution in [-0.4, -0.2) is 18.0 Å². The number of amides is 1. The smallest absolute Gasteiger partial charge is 0.253 e. The molecule has 0 saturated heterocycles. The quantitative estimate of drug-likeness (QED) is 0.871. The first-order valence-electron chi connectivity index (χ1n) is 8.04. The van der Waals surface area contributed by atoms with Gasteiger partial charge in [-0.1, -0.05) is 32.4 Å². The van der Waals surface area contributed by atoms with Crippen molar-refractivity contribution in [1.82, 2.24) is 5.32 Å². The summed E-state index contributed by atoms with van der Waals surface area (Å²) in [5, 5.41) is 6.57. The lowest BCUT2D eigenvalue weighted by molar-refractivity contribution is 0.0903. The molecule has 1 atom stereocenters. The summed E-state index contributed by atoms with van der Waals surface area (Å²) in [5.74, 6) is 0.0430. The Balaban J connectivity index is 2.06. The first kappa shape index (κ1) is 15.9. The van der Waals surface area contributed by atoms with E-state index in [0.717, 1.165) is 24.1 Å². The highest BCUT2D eigenvalue weighted by atomic mass is 16.1. The topological polar surface area (TPSA) is 41.1 Å². The van der Waals surface area contributed by atoms with E-state index in [4.69, 9.17) is 0 Å². The van der Waals surface area contributed by atoms with Crippen LogP contribution in [0.25, 0.3) is 0 Å². The summed E-state index contributed by atoms with van der Waals surface area (Å²) in [4.78, 5) is 12.6. The maximum Gasteiger partial charge on any atom is 0.253 e. The molecule has 0 radical (unpaired) electrons. The lowest BCUT2D eigenvalue weighted by atomic mass is 9.75. The van der Waals surface area contributed by atoms with E-state index in [1.165, 1.54) is 12.8 Å². The molecule has 0 aliphatic heterocycles. The minimum atomic E-state index is 0.0430. The summed E-state index contributed by atoms with van der Waals surface area (Å²) >= 11 is 0. The van der Waals surface area contributed by atoms with Crippen LogP contribution >= 0.6 is 0 Å². The summed E-state index contributed by atoms with van der Waals surface area (Å²) in [6, 6.07) is 8.37. The summed E-state index contributed by atoms with van der Waals surface area (Å²) in [6.45, 7) is 8.75. The molecule has 1 aliphatic carbocycles. The van der Waals surface area contributed by atoms with Crippen molar-refractivity contribution in [3.63, 3.8) is 0 Å². The molecule has 21 heavy (non-hydrogen) atoms. The Kier molecular flexibility index (Phi) is 4.92. The number of anilines is 1. The highest BCUT2D eigenvalue weighted by Gasteiger charge is 2.29. The van der Waals surface area contributed by atoms with Crippen LogP contribution in [0.5, 0.6) is 0 Å². The molecular weight excluding hydrogens is 260 g/mol. The van der Waals surface area contributed by atoms with Gasteiger partial charge >= 0.3 is 0 Å². The molecule has 0 heterocycles. The zero-order valence-electron chi connectivity index (χ0n) is 13.7. The average molecular weight is 288 g/mol. The largest absolute Gasteiger partial charge is 0.382 e. The molecule has 1 unspecified atom stereocenters. The lowest BCUT2D eigenvalue weighted by Gasteiger charge is -2.35. The number of rotatable bonds is 4. The molecule has 1 aromatic rings. The van der Waals surface area contributed by atoms with E-state index in [2.05, 4.69) is 38.3 Å². The van der Waals surface area contributed by atoms with Crippen LogP contribution in [0.3, 0.4) is 0 Å². The maximum absolute atomic E-state index is 12.6. The van der Waals surface area contributed by atoms with Crippen molar-refractivity contribution in [2.75, 3.05) is 5.32 Å². The van der Waals surface area contributed by atoms with E-state index in [-0.39, 0.29) is 5.91 Å². The monoisotopic (exact) mass is 288 g/mol. The van der Waals surface area contributed by atoms with Gasteiger partial charge in [0.25, 0.3) is 5.91 Å². The molecule has 1 amide bonds. The van der Waals surface area contributed by atoms with E-state index in [1.54, 1.807) is 0 Å². The van der Waals surface area contributed by atoms with Gasteiger partial charge < -0.3 is 10.6 Å². The Morgan fingerprint density at radius 2 is 2.00 bits per heavy atom. The van der Waals surface area contributed by atoms with Crippen LogP contribution in [0.1, 0.15) is 63.7 Å². The van der Waals surface area contributed by atoms with Gasteiger partial charge in [0.1, 0.15) is 0 Å². The molecule has 2 rings (SSSR count). The van der Waals surface area contributed by atoms with Crippen LogP contribution in [0.4, 0.5) is 5.69 Å². The van der Waals surface area contributed by atoms with Gasteiger partial charge in [-0.3, -0.25) is 4.79 Å². The van der Waals surface area contributed by atoms with Crippen LogP contribution in [0.2, 0.25) is 0 Å². The molecule has 1 saturated carbocycles. The predicted molar refractivity (Wildman–Crippen MR) is 88.7 cm³/mol. The molecule has 116 valence electrons. The van der Waals surface area contributed by atoms with E-state index >= 15 is 0 Å². The molecule has 2 N–H and O–H groups in total. The zero-order chi connectivity index (χ0) is 15.5. The van der Waals surface area contributed by atoms with Crippen LogP contribution in [0, 0.1) is 5.41 Å².